The van der Waals surface area contributed by atoms with Crippen LogP contribution in [0.4, 0.5) is 0 Å². The van der Waals surface area contributed by atoms with Gasteiger partial charge >= 0.3 is 17.9 Å². The SMILES string of the molecule is COC(=O)C=C1C[C@@H](C[C@@H](OC(=O)C[C@H](O)CC2CCC[C@H](C[C@@H]3CCO[C@@]4(C[C@H](C)CC[C@H]4C(C)C)O3)O2)[C@@H](C)OCc2ccccc2)O[C@@](O)(C(C)(C)C=CC=O)[C@H]1OC(C)=O. The van der Waals surface area contributed by atoms with Crippen LogP contribution in [0.3, 0.4) is 0 Å². The summed E-state index contributed by atoms with van der Waals surface area (Å²) in [7, 11) is 1.20. The Bertz CT molecular complexity index is 1740. The molecular weight excluding hydrogens is 825 g/mol. The average molecular weight is 899 g/mol. The third-order valence-electron chi connectivity index (χ3n) is 13.5. The zero-order valence-electron chi connectivity index (χ0n) is 39.2. The maximum atomic E-state index is 13.8. The smallest absolute Gasteiger partial charge is 0.330 e. The van der Waals surface area contributed by atoms with E-state index in [-0.39, 0.29) is 56.2 Å². The predicted molar refractivity (Wildman–Crippen MR) is 236 cm³/mol. The molecule has 1 spiro atoms. The first-order valence-electron chi connectivity index (χ1n) is 23.4. The van der Waals surface area contributed by atoms with Gasteiger partial charge in [-0.1, -0.05) is 77.4 Å². The van der Waals surface area contributed by atoms with E-state index in [4.69, 9.17) is 37.9 Å². The van der Waals surface area contributed by atoms with E-state index in [1.165, 1.54) is 32.6 Å². The van der Waals surface area contributed by atoms with Crippen LogP contribution in [0.25, 0.3) is 0 Å². The van der Waals surface area contributed by atoms with E-state index < -0.39 is 65.4 Å². The fourth-order valence-electron chi connectivity index (χ4n) is 10.1. The van der Waals surface area contributed by atoms with Crippen molar-refractivity contribution in [3.8, 4) is 0 Å². The van der Waals surface area contributed by atoms with Crippen LogP contribution in [0.5, 0.6) is 0 Å². The Hall–Kier alpha value is -3.50. The lowest BCUT2D eigenvalue weighted by Gasteiger charge is -2.51. The lowest BCUT2D eigenvalue weighted by Crippen LogP contribution is -2.62. The Morgan fingerprint density at radius 3 is 2.39 bits per heavy atom. The molecule has 1 aromatic carbocycles. The van der Waals surface area contributed by atoms with Crippen LogP contribution in [0, 0.1) is 23.2 Å². The number of aliphatic hydroxyl groups excluding tert-OH is 1. The van der Waals surface area contributed by atoms with Gasteiger partial charge < -0.3 is 48.1 Å². The molecule has 4 aliphatic rings. The molecule has 1 unspecified atom stereocenters. The van der Waals surface area contributed by atoms with E-state index in [1.807, 2.05) is 30.3 Å². The predicted octanol–water partition coefficient (Wildman–Crippen LogP) is 7.25. The molecule has 64 heavy (non-hydrogen) atoms. The van der Waals surface area contributed by atoms with Gasteiger partial charge in [0.25, 0.3) is 0 Å². The fraction of sp³-hybridized carbons (Fsp3) is 0.720. The summed E-state index contributed by atoms with van der Waals surface area (Å²) in [5, 5.41) is 23.7. The van der Waals surface area contributed by atoms with Gasteiger partial charge in [-0.15, -0.1) is 0 Å². The molecule has 0 radical (unpaired) electrons. The standard InChI is InChI=1S/C50H74O14/c1-32(2)43-19-18-33(3)30-49(43)59-23-20-41(63-49)28-40-17-12-16-39(61-40)26-38(53)27-46(55)62-44(34(4)58-31-36-14-10-9-11-15-36)29-42-24-37(25-45(54)57-8)47(60-35(5)52)50(56,64-42)48(6,7)21-13-22-51/h9-11,13-15,21-22,25,32-34,38-44,47,53,56H,12,16-20,23-24,26-31H2,1-8H3/t33-,34-,38-,39?,40-,41+,42+,43+,44-,47+,49+,50-/m1/s1. The third-order valence-corrected chi connectivity index (χ3v) is 13.5. The van der Waals surface area contributed by atoms with Gasteiger partial charge in [0.05, 0.1) is 63.4 Å². The number of hydrogen-bond donors (Lipinski definition) is 2. The first-order chi connectivity index (χ1) is 30.4. The lowest BCUT2D eigenvalue weighted by atomic mass is 9.72. The number of aldehydes is 1. The number of hydrogen-bond acceptors (Lipinski definition) is 14. The summed E-state index contributed by atoms with van der Waals surface area (Å²) in [4.78, 5) is 50.2. The Morgan fingerprint density at radius 2 is 1.70 bits per heavy atom. The van der Waals surface area contributed by atoms with Crippen LogP contribution in [0.2, 0.25) is 0 Å². The van der Waals surface area contributed by atoms with Gasteiger partial charge in [-0.3, -0.25) is 14.4 Å². The molecule has 1 aliphatic carbocycles. The van der Waals surface area contributed by atoms with E-state index in [9.17, 15) is 29.4 Å². The number of rotatable bonds is 19. The van der Waals surface area contributed by atoms with Crippen molar-refractivity contribution in [1.29, 1.82) is 0 Å². The second-order valence-electron chi connectivity index (χ2n) is 19.4. The number of aliphatic hydroxyl groups is 2. The first-order valence-corrected chi connectivity index (χ1v) is 23.4. The molecule has 2 N–H and O–H groups in total. The number of carbonyl (C=O) groups excluding carboxylic acids is 4. The minimum atomic E-state index is -2.30. The van der Waals surface area contributed by atoms with Crippen molar-refractivity contribution in [3.05, 3.63) is 59.7 Å². The number of methoxy groups -OCH3 is 1. The van der Waals surface area contributed by atoms with E-state index in [0.29, 0.717) is 30.6 Å². The van der Waals surface area contributed by atoms with Crippen molar-refractivity contribution in [1.82, 2.24) is 0 Å². The van der Waals surface area contributed by atoms with E-state index in [1.54, 1.807) is 20.8 Å². The van der Waals surface area contributed by atoms with Gasteiger partial charge in [-0.05, 0) is 80.9 Å². The summed E-state index contributed by atoms with van der Waals surface area (Å²) in [6.45, 7) is 13.8. The highest BCUT2D eigenvalue weighted by molar-refractivity contribution is 5.83. The minimum absolute atomic E-state index is 0.0228. The molecule has 1 aromatic rings. The van der Waals surface area contributed by atoms with E-state index in [0.717, 1.165) is 56.6 Å². The Kier molecular flexibility index (Phi) is 18.7. The van der Waals surface area contributed by atoms with Crippen molar-refractivity contribution >= 4 is 24.2 Å². The summed E-state index contributed by atoms with van der Waals surface area (Å²) < 4.78 is 49.2. The van der Waals surface area contributed by atoms with Gasteiger partial charge in [0.2, 0.25) is 5.79 Å². The number of carbonyl (C=O) groups is 4. The zero-order valence-corrected chi connectivity index (χ0v) is 39.2. The van der Waals surface area contributed by atoms with Gasteiger partial charge in [-0.2, -0.15) is 0 Å². The summed E-state index contributed by atoms with van der Waals surface area (Å²) in [6.07, 6.45) is 6.19. The molecule has 0 aromatic heterocycles. The van der Waals surface area contributed by atoms with Gasteiger partial charge in [0.1, 0.15) is 12.4 Å². The highest BCUT2D eigenvalue weighted by Gasteiger charge is 2.57. The molecular formula is C50H74O14. The van der Waals surface area contributed by atoms with Gasteiger partial charge in [0, 0.05) is 43.6 Å². The number of ether oxygens (including phenoxy) is 8. The van der Waals surface area contributed by atoms with Crippen LogP contribution in [0.15, 0.2) is 54.1 Å². The molecule has 4 fully saturated rings. The average Bonchev–Trinajstić information content (AvgIpc) is 3.23. The van der Waals surface area contributed by atoms with Gasteiger partial charge in [0.15, 0.2) is 11.9 Å². The molecule has 0 bridgehead atoms. The maximum absolute atomic E-state index is 13.8. The normalized spacial score (nSPS) is 32.2. The van der Waals surface area contributed by atoms with Gasteiger partial charge in [-0.25, -0.2) is 4.79 Å². The molecule has 5 rings (SSSR count). The Morgan fingerprint density at radius 1 is 0.969 bits per heavy atom. The van der Waals surface area contributed by atoms with E-state index >= 15 is 0 Å². The number of benzene rings is 1. The largest absolute Gasteiger partial charge is 0.466 e. The molecule has 0 amide bonds. The van der Waals surface area contributed by atoms with Crippen molar-refractivity contribution in [3.63, 3.8) is 0 Å². The minimum Gasteiger partial charge on any atom is -0.466 e. The molecule has 14 nitrogen and oxygen atoms in total. The van der Waals surface area contributed by atoms with Crippen molar-refractivity contribution < 1.29 is 67.3 Å². The summed E-state index contributed by atoms with van der Waals surface area (Å²) in [5.74, 6) is -3.66. The summed E-state index contributed by atoms with van der Waals surface area (Å²) in [6, 6.07) is 9.49. The van der Waals surface area contributed by atoms with Crippen LogP contribution < -0.4 is 0 Å². The molecule has 1 saturated carbocycles. The van der Waals surface area contributed by atoms with Crippen LogP contribution in [0.1, 0.15) is 131 Å². The van der Waals surface area contributed by atoms with Crippen LogP contribution in [-0.2, 0) is 63.7 Å². The molecule has 3 saturated heterocycles. The number of esters is 3. The molecule has 358 valence electrons. The summed E-state index contributed by atoms with van der Waals surface area (Å²) >= 11 is 0. The maximum Gasteiger partial charge on any atom is 0.330 e. The second-order valence-corrected chi connectivity index (χ2v) is 19.4. The molecule has 3 heterocycles. The molecule has 12 atom stereocenters. The fourth-order valence-corrected chi connectivity index (χ4v) is 10.1. The third kappa shape index (κ3) is 13.8. The zero-order chi connectivity index (χ0) is 46.7. The Balaban J connectivity index is 1.27. The van der Waals surface area contributed by atoms with Crippen molar-refractivity contribution in [2.45, 2.75) is 193 Å². The quantitative estimate of drug-likeness (QED) is 0.0613. The molecule has 14 heteroatoms. The van der Waals surface area contributed by atoms with Crippen molar-refractivity contribution in [2.24, 2.45) is 23.2 Å². The van der Waals surface area contributed by atoms with E-state index in [2.05, 4.69) is 20.8 Å². The highest BCUT2D eigenvalue weighted by Crippen LogP contribution is 2.48. The van der Waals surface area contributed by atoms with Crippen LogP contribution >= 0.6 is 0 Å². The Labute approximate surface area is 379 Å². The number of allylic oxidation sites excluding steroid dienone is 1. The summed E-state index contributed by atoms with van der Waals surface area (Å²) in [5.41, 5.74) is -0.270. The van der Waals surface area contributed by atoms with Crippen molar-refractivity contribution in [2.75, 3.05) is 13.7 Å². The topological polar surface area (TPSA) is 183 Å². The molecule has 3 aliphatic heterocycles. The second kappa shape index (κ2) is 23.3. The first kappa shape index (κ1) is 51.5. The highest BCUT2D eigenvalue weighted by atomic mass is 16.7. The lowest BCUT2D eigenvalue weighted by molar-refractivity contribution is -0.342. The van der Waals surface area contributed by atoms with Crippen LogP contribution in [-0.4, -0.2) is 109 Å². The monoisotopic (exact) mass is 899 g/mol.